The van der Waals surface area contributed by atoms with E-state index in [1.165, 1.54) is 0 Å². The van der Waals surface area contributed by atoms with Crippen molar-refractivity contribution in [2.75, 3.05) is 29.5 Å². The Morgan fingerprint density at radius 1 is 1.29 bits per heavy atom. The third kappa shape index (κ3) is 5.95. The van der Waals surface area contributed by atoms with Crippen LogP contribution in [-0.2, 0) is 15.6 Å². The lowest BCUT2D eigenvalue weighted by Crippen LogP contribution is -2.44. The fraction of sp³-hybridized carbons (Fsp3) is 0.429. The van der Waals surface area contributed by atoms with E-state index in [2.05, 4.69) is 5.32 Å². The molecule has 1 unspecified atom stereocenters. The number of nitrogens with one attached hydrogen (secondary N) is 1. The molecule has 0 radical (unpaired) electrons. The molecule has 21 heavy (non-hydrogen) atoms. The minimum Gasteiger partial charge on any atom is -0.480 e. The van der Waals surface area contributed by atoms with E-state index in [4.69, 9.17) is 5.11 Å². The number of carbonyl (C=O) groups is 2. The van der Waals surface area contributed by atoms with Crippen molar-refractivity contribution < 1.29 is 18.9 Å². The van der Waals surface area contributed by atoms with Gasteiger partial charge in [0.05, 0.1) is 0 Å². The van der Waals surface area contributed by atoms with E-state index in [1.807, 2.05) is 19.1 Å². The molecule has 6 nitrogen and oxygen atoms in total. The van der Waals surface area contributed by atoms with E-state index >= 15 is 0 Å². The number of amides is 2. The molecule has 0 saturated carbocycles. The fourth-order valence-electron chi connectivity index (χ4n) is 1.65. The number of carboxylic acids is 1. The summed E-state index contributed by atoms with van der Waals surface area (Å²) in [6.07, 6.45) is 0. The summed E-state index contributed by atoms with van der Waals surface area (Å²) in [5.41, 5.74) is 1.53. The summed E-state index contributed by atoms with van der Waals surface area (Å²) in [6, 6.07) is 6.51. The van der Waals surface area contributed by atoms with Crippen LogP contribution in [0.5, 0.6) is 0 Å². The number of hydrogen-bond acceptors (Lipinski definition) is 3. The monoisotopic (exact) mass is 312 g/mol. The first-order chi connectivity index (χ1) is 9.93. The predicted octanol–water partition coefficient (Wildman–Crippen LogP) is 1.36. The molecule has 0 aliphatic heterocycles. The molecule has 2 N–H and O–H groups in total. The van der Waals surface area contributed by atoms with Crippen LogP contribution < -0.4 is 10.2 Å². The Morgan fingerprint density at radius 2 is 1.90 bits per heavy atom. The molecule has 7 heteroatoms. The van der Waals surface area contributed by atoms with Crippen LogP contribution in [-0.4, -0.2) is 45.9 Å². The zero-order chi connectivity index (χ0) is 15.8. The third-order valence-corrected chi connectivity index (χ3v) is 4.12. The topological polar surface area (TPSA) is 86.7 Å². The minimum absolute atomic E-state index is 0.251. The van der Waals surface area contributed by atoms with Gasteiger partial charge in [0.1, 0.15) is 6.54 Å². The highest BCUT2D eigenvalue weighted by molar-refractivity contribution is 7.84. The molecule has 1 aromatic carbocycles. The number of carboxylic acid groups (broad SMARTS) is 1. The maximum atomic E-state index is 12.1. The average Bonchev–Trinajstić information content (AvgIpc) is 2.45. The Hall–Kier alpha value is -1.89. The van der Waals surface area contributed by atoms with Crippen LogP contribution in [0.4, 0.5) is 10.5 Å². The number of carbonyl (C=O) groups excluding carboxylic acids is 1. The van der Waals surface area contributed by atoms with Crippen LogP contribution in [0.2, 0.25) is 0 Å². The minimum atomic E-state index is -1.09. The molecular weight excluding hydrogens is 292 g/mol. The Bertz CT molecular complexity index is 516. The average molecular weight is 312 g/mol. The van der Waals surface area contributed by atoms with E-state index in [9.17, 15) is 13.8 Å². The van der Waals surface area contributed by atoms with Crippen molar-refractivity contribution >= 4 is 28.5 Å². The van der Waals surface area contributed by atoms with E-state index < -0.39 is 29.3 Å². The quantitative estimate of drug-likeness (QED) is 0.796. The highest BCUT2D eigenvalue weighted by Crippen LogP contribution is 2.15. The van der Waals surface area contributed by atoms with Crippen molar-refractivity contribution in [1.29, 1.82) is 0 Å². The number of benzene rings is 1. The van der Waals surface area contributed by atoms with Gasteiger partial charge in [0.2, 0.25) is 0 Å². The van der Waals surface area contributed by atoms with Crippen LogP contribution in [0.15, 0.2) is 24.3 Å². The van der Waals surface area contributed by atoms with Crippen molar-refractivity contribution in [3.05, 3.63) is 29.8 Å². The first-order valence-electron chi connectivity index (χ1n) is 6.62. The fourth-order valence-corrected chi connectivity index (χ4v) is 2.27. The van der Waals surface area contributed by atoms with E-state index in [0.717, 1.165) is 10.5 Å². The highest BCUT2D eigenvalue weighted by Gasteiger charge is 2.18. The van der Waals surface area contributed by atoms with Gasteiger partial charge in [-0.05, 0) is 19.1 Å². The molecular formula is C14H20N2O4S. The standard InChI is InChI=1S/C14H20N2O4S/c1-3-21(20)9-8-15-14(19)16(10-13(17)18)12-6-4-11(2)5-7-12/h4-7H,3,8-10H2,1-2H3,(H,15,19)(H,17,18). The maximum Gasteiger partial charge on any atom is 0.323 e. The van der Waals surface area contributed by atoms with E-state index in [1.54, 1.807) is 19.1 Å². The van der Waals surface area contributed by atoms with Gasteiger partial charge in [-0.2, -0.15) is 0 Å². The SMILES string of the molecule is CCS(=O)CCNC(=O)N(CC(=O)O)c1ccc(C)cc1. The largest absolute Gasteiger partial charge is 0.480 e. The van der Waals surface area contributed by atoms with Gasteiger partial charge in [-0.1, -0.05) is 24.6 Å². The van der Waals surface area contributed by atoms with Crippen LogP contribution in [0.25, 0.3) is 0 Å². The van der Waals surface area contributed by atoms with Gasteiger partial charge in [0, 0.05) is 34.5 Å². The van der Waals surface area contributed by atoms with Crippen LogP contribution in [0.3, 0.4) is 0 Å². The molecule has 1 aromatic rings. The maximum absolute atomic E-state index is 12.1. The Morgan fingerprint density at radius 3 is 2.43 bits per heavy atom. The second-order valence-electron chi connectivity index (χ2n) is 4.48. The first-order valence-corrected chi connectivity index (χ1v) is 8.11. The van der Waals surface area contributed by atoms with Gasteiger partial charge in [-0.25, -0.2) is 4.79 Å². The molecule has 0 aliphatic rings. The number of aryl methyl sites for hydroxylation is 1. The molecule has 116 valence electrons. The summed E-state index contributed by atoms with van der Waals surface area (Å²) in [5.74, 6) is -0.202. The van der Waals surface area contributed by atoms with Gasteiger partial charge >= 0.3 is 12.0 Å². The molecule has 0 saturated heterocycles. The number of anilines is 1. The summed E-state index contributed by atoms with van der Waals surface area (Å²) in [6.45, 7) is 3.54. The van der Waals surface area contributed by atoms with Crippen LogP contribution in [0, 0.1) is 6.92 Å². The third-order valence-electron chi connectivity index (χ3n) is 2.81. The van der Waals surface area contributed by atoms with Gasteiger partial charge in [-0.15, -0.1) is 0 Å². The van der Waals surface area contributed by atoms with Crippen molar-refractivity contribution in [1.82, 2.24) is 5.32 Å². The summed E-state index contributed by atoms with van der Waals surface area (Å²) in [7, 11) is -0.965. The number of rotatable bonds is 7. The summed E-state index contributed by atoms with van der Waals surface area (Å²) in [5, 5.41) is 11.5. The van der Waals surface area contributed by atoms with Crippen LogP contribution in [0.1, 0.15) is 12.5 Å². The summed E-state index contributed by atoms with van der Waals surface area (Å²) in [4.78, 5) is 24.1. The van der Waals surface area contributed by atoms with Gasteiger partial charge in [-0.3, -0.25) is 13.9 Å². The Labute approximate surface area is 126 Å². The molecule has 1 atom stereocenters. The molecule has 0 heterocycles. The molecule has 0 aliphatic carbocycles. The van der Waals surface area contributed by atoms with Crippen molar-refractivity contribution in [2.24, 2.45) is 0 Å². The normalized spacial score (nSPS) is 11.7. The second-order valence-corrected chi connectivity index (χ2v) is 6.35. The lowest BCUT2D eigenvalue weighted by molar-refractivity contribution is -0.135. The molecule has 0 fully saturated rings. The first kappa shape index (κ1) is 17.2. The Kier molecular flexibility index (Phi) is 6.87. The molecule has 2 amide bonds. The molecule has 1 rings (SSSR count). The van der Waals surface area contributed by atoms with Gasteiger partial charge < -0.3 is 10.4 Å². The van der Waals surface area contributed by atoms with Crippen molar-refractivity contribution in [3.63, 3.8) is 0 Å². The number of aliphatic carboxylic acids is 1. The number of hydrogen-bond donors (Lipinski definition) is 2. The van der Waals surface area contributed by atoms with Crippen molar-refractivity contribution in [3.8, 4) is 0 Å². The van der Waals surface area contributed by atoms with Crippen LogP contribution >= 0.6 is 0 Å². The zero-order valence-electron chi connectivity index (χ0n) is 12.2. The molecule has 0 spiro atoms. The second kappa shape index (κ2) is 8.41. The summed E-state index contributed by atoms with van der Waals surface area (Å²) < 4.78 is 11.3. The molecule has 0 bridgehead atoms. The highest BCUT2D eigenvalue weighted by atomic mass is 32.2. The number of urea groups is 1. The Balaban J connectivity index is 2.72. The lowest BCUT2D eigenvalue weighted by Gasteiger charge is -2.21. The lowest BCUT2D eigenvalue weighted by atomic mass is 10.2. The van der Waals surface area contributed by atoms with Gasteiger partial charge in [0.15, 0.2) is 0 Å². The van der Waals surface area contributed by atoms with Gasteiger partial charge in [0.25, 0.3) is 0 Å². The summed E-state index contributed by atoms with van der Waals surface area (Å²) >= 11 is 0. The number of nitrogens with zero attached hydrogens (tertiary/aromatic N) is 1. The molecule has 0 aromatic heterocycles. The zero-order valence-corrected chi connectivity index (χ0v) is 13.0. The van der Waals surface area contributed by atoms with Crippen molar-refractivity contribution in [2.45, 2.75) is 13.8 Å². The van der Waals surface area contributed by atoms with E-state index in [-0.39, 0.29) is 6.54 Å². The smallest absolute Gasteiger partial charge is 0.323 e. The predicted molar refractivity (Wildman–Crippen MR) is 83.1 cm³/mol. The van der Waals surface area contributed by atoms with E-state index in [0.29, 0.717) is 17.2 Å².